The summed E-state index contributed by atoms with van der Waals surface area (Å²) in [6.07, 6.45) is 0. The lowest BCUT2D eigenvalue weighted by molar-refractivity contribution is -0.133. The molecule has 37 heavy (non-hydrogen) atoms. The highest BCUT2D eigenvalue weighted by Crippen LogP contribution is 2.39. The van der Waals surface area contributed by atoms with Gasteiger partial charge in [-0.3, -0.25) is 19.4 Å². The van der Waals surface area contributed by atoms with Crippen LogP contribution in [0.15, 0.2) is 53.2 Å². The molecular formula is C27H27Cl2N3O4S. The highest BCUT2D eigenvalue weighted by atomic mass is 35.5. The molecule has 1 fully saturated rings. The van der Waals surface area contributed by atoms with Crippen molar-refractivity contribution >= 4 is 52.0 Å². The van der Waals surface area contributed by atoms with Crippen LogP contribution in [0.4, 0.5) is 5.69 Å². The number of carbonyl (C=O) groups is 2. The molecule has 0 radical (unpaired) electrons. The molecule has 194 valence electrons. The van der Waals surface area contributed by atoms with Gasteiger partial charge < -0.3 is 14.4 Å². The lowest BCUT2D eigenvalue weighted by atomic mass is 10.0. The van der Waals surface area contributed by atoms with Crippen LogP contribution in [-0.2, 0) is 14.3 Å². The maximum atomic E-state index is 13.6. The van der Waals surface area contributed by atoms with Crippen LogP contribution in [0, 0.1) is 0 Å². The molecule has 1 saturated heterocycles. The molecule has 10 heteroatoms. The average Bonchev–Trinajstić information content (AvgIpc) is 3.45. The molecule has 1 atom stereocenters. The van der Waals surface area contributed by atoms with Gasteiger partial charge in [-0.15, -0.1) is 0 Å². The van der Waals surface area contributed by atoms with Crippen molar-refractivity contribution in [1.82, 2.24) is 9.80 Å². The number of hydrogen-bond donors (Lipinski definition) is 0. The Morgan fingerprint density at radius 2 is 1.81 bits per heavy atom. The lowest BCUT2D eigenvalue weighted by Gasteiger charge is -2.37. The Morgan fingerprint density at radius 3 is 2.51 bits per heavy atom. The first kappa shape index (κ1) is 26.0. The number of carbonyl (C=O) groups excluding carboxylic acids is 2. The van der Waals surface area contributed by atoms with Gasteiger partial charge in [-0.2, -0.15) is 11.3 Å². The molecule has 2 amide bonds. The lowest BCUT2D eigenvalue weighted by Crippen LogP contribution is -2.48. The first-order valence-corrected chi connectivity index (χ1v) is 13.7. The van der Waals surface area contributed by atoms with E-state index >= 15 is 0 Å². The van der Waals surface area contributed by atoms with Gasteiger partial charge in [0.2, 0.25) is 5.91 Å². The first-order chi connectivity index (χ1) is 17.9. The molecule has 3 aromatic rings. The molecule has 0 saturated carbocycles. The fourth-order valence-electron chi connectivity index (χ4n) is 4.60. The van der Waals surface area contributed by atoms with Gasteiger partial charge in [0, 0.05) is 32.7 Å². The number of morpholine rings is 1. The van der Waals surface area contributed by atoms with E-state index in [4.69, 9.17) is 32.7 Å². The number of benzene rings is 2. The van der Waals surface area contributed by atoms with E-state index in [1.807, 2.05) is 0 Å². The smallest absolute Gasteiger partial charge is 0.265 e. The Kier molecular flexibility index (Phi) is 8.02. The Hall–Kier alpha value is -2.62. The van der Waals surface area contributed by atoms with Gasteiger partial charge in [-0.25, -0.2) is 0 Å². The maximum Gasteiger partial charge on any atom is 0.265 e. The van der Waals surface area contributed by atoms with Crippen LogP contribution in [0.2, 0.25) is 10.0 Å². The summed E-state index contributed by atoms with van der Waals surface area (Å²) in [5.41, 5.74) is 3.78. The molecule has 0 bridgehead atoms. The summed E-state index contributed by atoms with van der Waals surface area (Å²) in [6.45, 7) is 3.33. The number of ether oxygens (including phenoxy) is 2. The van der Waals surface area contributed by atoms with Crippen LogP contribution < -0.4 is 9.64 Å². The molecule has 5 rings (SSSR count). The number of amides is 2. The Balaban J connectivity index is 1.39. The highest BCUT2D eigenvalue weighted by molar-refractivity contribution is 7.08. The fraction of sp³-hybridized carbons (Fsp3) is 0.333. The number of fused-ring (bicyclic) bond motifs is 1. The summed E-state index contributed by atoms with van der Waals surface area (Å²) in [7, 11) is 1.79. The minimum Gasteiger partial charge on any atom is -0.482 e. The van der Waals surface area contributed by atoms with Gasteiger partial charge in [0.05, 0.1) is 35.0 Å². The van der Waals surface area contributed by atoms with E-state index in [0.29, 0.717) is 41.2 Å². The maximum absolute atomic E-state index is 13.6. The number of likely N-dealkylation sites (N-methyl/N-ethyl adjacent to an activating group) is 1. The topological polar surface area (TPSA) is 62.3 Å². The van der Waals surface area contributed by atoms with Crippen LogP contribution in [0.25, 0.3) is 11.1 Å². The molecule has 0 aliphatic carbocycles. The van der Waals surface area contributed by atoms with Gasteiger partial charge in [-0.1, -0.05) is 47.5 Å². The molecule has 2 aromatic carbocycles. The van der Waals surface area contributed by atoms with Crippen LogP contribution in [0.3, 0.4) is 0 Å². The van der Waals surface area contributed by atoms with E-state index in [2.05, 4.69) is 46.0 Å². The van der Waals surface area contributed by atoms with E-state index in [9.17, 15) is 9.59 Å². The second kappa shape index (κ2) is 11.4. The molecule has 0 N–H and O–H groups in total. The minimum absolute atomic E-state index is 0.129. The average molecular weight is 561 g/mol. The van der Waals surface area contributed by atoms with Gasteiger partial charge in [0.15, 0.2) is 6.61 Å². The Morgan fingerprint density at radius 1 is 1.08 bits per heavy atom. The van der Waals surface area contributed by atoms with E-state index in [1.165, 1.54) is 10.5 Å². The summed E-state index contributed by atoms with van der Waals surface area (Å²) < 4.78 is 11.0. The zero-order valence-electron chi connectivity index (χ0n) is 20.4. The van der Waals surface area contributed by atoms with Crippen molar-refractivity contribution in [3.8, 4) is 16.9 Å². The van der Waals surface area contributed by atoms with Crippen molar-refractivity contribution in [3.63, 3.8) is 0 Å². The van der Waals surface area contributed by atoms with Gasteiger partial charge in [0.25, 0.3) is 5.91 Å². The quantitative estimate of drug-likeness (QED) is 0.408. The minimum atomic E-state index is -0.308. The van der Waals surface area contributed by atoms with Crippen molar-refractivity contribution < 1.29 is 19.1 Å². The number of rotatable bonds is 7. The van der Waals surface area contributed by atoms with E-state index in [-0.39, 0.29) is 31.0 Å². The molecule has 1 unspecified atom stereocenters. The van der Waals surface area contributed by atoms with Crippen molar-refractivity contribution in [3.05, 3.63) is 68.8 Å². The van der Waals surface area contributed by atoms with Crippen molar-refractivity contribution in [2.75, 3.05) is 57.9 Å². The number of nitrogens with zero attached hydrogens (tertiary/aromatic N) is 3. The normalized spacial score (nSPS) is 16.7. The van der Waals surface area contributed by atoms with Crippen molar-refractivity contribution in [1.29, 1.82) is 0 Å². The summed E-state index contributed by atoms with van der Waals surface area (Å²) in [5.74, 6) is -0.0664. The highest BCUT2D eigenvalue weighted by Gasteiger charge is 2.32. The van der Waals surface area contributed by atoms with E-state index < -0.39 is 0 Å². The number of anilines is 1. The molecule has 1 aromatic heterocycles. The van der Waals surface area contributed by atoms with Gasteiger partial charge in [0.1, 0.15) is 12.3 Å². The SMILES string of the molecule is CN(C(=O)CN1C(=O)COc2cc(Cl)c(Cl)cc21)C(CN1CCOCC1)c1ccc(-c2ccsc2)cc1. The fourth-order valence-corrected chi connectivity index (χ4v) is 5.57. The van der Waals surface area contributed by atoms with Crippen LogP contribution >= 0.6 is 34.5 Å². The summed E-state index contributed by atoms with van der Waals surface area (Å²) in [6, 6.07) is 13.4. The molecule has 2 aliphatic heterocycles. The first-order valence-electron chi connectivity index (χ1n) is 12.0. The predicted molar refractivity (Wildman–Crippen MR) is 147 cm³/mol. The van der Waals surface area contributed by atoms with Crippen molar-refractivity contribution in [2.24, 2.45) is 0 Å². The van der Waals surface area contributed by atoms with Gasteiger partial charge >= 0.3 is 0 Å². The molecule has 0 spiro atoms. The molecular weight excluding hydrogens is 533 g/mol. The predicted octanol–water partition coefficient (Wildman–Crippen LogP) is 4.98. The second-order valence-corrected chi connectivity index (χ2v) is 10.7. The van der Waals surface area contributed by atoms with Crippen molar-refractivity contribution in [2.45, 2.75) is 6.04 Å². The third-order valence-electron chi connectivity index (χ3n) is 6.78. The zero-order valence-corrected chi connectivity index (χ0v) is 22.7. The third-order valence-corrected chi connectivity index (χ3v) is 8.19. The molecule has 7 nitrogen and oxygen atoms in total. The zero-order chi connectivity index (χ0) is 25.9. The summed E-state index contributed by atoms with van der Waals surface area (Å²) in [4.78, 5) is 31.8. The van der Waals surface area contributed by atoms with Gasteiger partial charge in [-0.05, 0) is 39.6 Å². The van der Waals surface area contributed by atoms with Crippen LogP contribution in [0.1, 0.15) is 11.6 Å². The van der Waals surface area contributed by atoms with Crippen LogP contribution in [-0.4, -0.2) is 74.7 Å². The van der Waals surface area contributed by atoms with E-state index in [1.54, 1.807) is 35.4 Å². The largest absolute Gasteiger partial charge is 0.482 e. The van der Waals surface area contributed by atoms with E-state index in [0.717, 1.165) is 24.2 Å². The third kappa shape index (κ3) is 5.78. The second-order valence-electron chi connectivity index (χ2n) is 9.07. The Bertz CT molecular complexity index is 1260. The van der Waals surface area contributed by atoms with Crippen LogP contribution in [0.5, 0.6) is 5.75 Å². The molecule has 2 aliphatic rings. The monoisotopic (exact) mass is 559 g/mol. The summed E-state index contributed by atoms with van der Waals surface area (Å²) in [5, 5.41) is 4.80. The number of halogens is 2. The standard InChI is InChI=1S/C27H27Cl2N3O4S/c1-30(26(33)15-32-23-12-21(28)22(29)13-25(23)36-16-27(32)34)24(14-31-7-9-35-10-8-31)19-4-2-18(3-5-19)20-6-11-37-17-20/h2-6,11-13,17,24H,7-10,14-16H2,1H3. The molecule has 3 heterocycles. The summed E-state index contributed by atoms with van der Waals surface area (Å²) >= 11 is 14.0. The number of thiophene rings is 1. The number of hydrogen-bond acceptors (Lipinski definition) is 6. The Labute approximate surface area is 230 Å².